The van der Waals surface area contributed by atoms with Crippen LogP contribution in [0.4, 0.5) is 0 Å². The summed E-state index contributed by atoms with van der Waals surface area (Å²) in [4.78, 5) is 14.8. The van der Waals surface area contributed by atoms with Crippen molar-refractivity contribution in [3.8, 4) is 0 Å². The van der Waals surface area contributed by atoms with Crippen molar-refractivity contribution < 1.29 is 9.90 Å². The standard InChI is InChI=1S/C9H8N2O2S/c12-9(13)6-1-2-8-10-3-7(5-14)11(8)4-6/h1-4,14H,5H2,(H,12,13). The molecule has 2 heterocycles. The Morgan fingerprint density at radius 3 is 3.00 bits per heavy atom. The van der Waals surface area contributed by atoms with Crippen molar-refractivity contribution in [2.75, 3.05) is 0 Å². The van der Waals surface area contributed by atoms with Crippen LogP contribution in [0, 0.1) is 0 Å². The van der Waals surface area contributed by atoms with E-state index in [-0.39, 0.29) is 5.56 Å². The zero-order valence-electron chi connectivity index (χ0n) is 7.21. The van der Waals surface area contributed by atoms with Crippen LogP contribution in [0.5, 0.6) is 0 Å². The van der Waals surface area contributed by atoms with Gasteiger partial charge in [0.2, 0.25) is 0 Å². The van der Waals surface area contributed by atoms with Gasteiger partial charge in [0.1, 0.15) is 5.65 Å². The summed E-state index contributed by atoms with van der Waals surface area (Å²) in [6, 6.07) is 3.21. The van der Waals surface area contributed by atoms with E-state index in [1.165, 1.54) is 6.07 Å². The van der Waals surface area contributed by atoms with Crippen LogP contribution < -0.4 is 0 Å². The van der Waals surface area contributed by atoms with E-state index in [0.717, 1.165) is 11.3 Å². The van der Waals surface area contributed by atoms with Crippen molar-refractivity contribution in [3.63, 3.8) is 0 Å². The number of imidazole rings is 1. The topological polar surface area (TPSA) is 54.6 Å². The Bertz CT molecular complexity index is 493. The van der Waals surface area contributed by atoms with E-state index in [4.69, 9.17) is 5.11 Å². The second-order valence-corrected chi connectivity index (χ2v) is 3.18. The monoisotopic (exact) mass is 208 g/mol. The molecule has 0 amide bonds. The van der Waals surface area contributed by atoms with E-state index in [2.05, 4.69) is 17.6 Å². The summed E-state index contributed by atoms with van der Waals surface area (Å²) in [5.41, 5.74) is 1.86. The van der Waals surface area contributed by atoms with Crippen LogP contribution in [0.15, 0.2) is 24.5 Å². The lowest BCUT2D eigenvalue weighted by molar-refractivity contribution is 0.0696. The predicted molar refractivity (Wildman–Crippen MR) is 54.8 cm³/mol. The summed E-state index contributed by atoms with van der Waals surface area (Å²) >= 11 is 4.13. The van der Waals surface area contributed by atoms with Crippen LogP contribution in [-0.4, -0.2) is 20.5 Å². The third-order valence-corrected chi connectivity index (χ3v) is 2.32. The van der Waals surface area contributed by atoms with Crippen molar-refractivity contribution in [3.05, 3.63) is 35.8 Å². The minimum absolute atomic E-state index is 0.249. The van der Waals surface area contributed by atoms with Gasteiger partial charge in [0, 0.05) is 11.9 Å². The summed E-state index contributed by atoms with van der Waals surface area (Å²) in [6.45, 7) is 0. The third kappa shape index (κ3) is 1.35. The molecule has 2 aromatic rings. The number of carboxylic acids is 1. The molecule has 0 aliphatic heterocycles. The second kappa shape index (κ2) is 3.34. The molecule has 1 N–H and O–H groups in total. The number of carboxylic acid groups (broad SMARTS) is 1. The highest BCUT2D eigenvalue weighted by molar-refractivity contribution is 7.79. The molecule has 0 saturated carbocycles. The maximum Gasteiger partial charge on any atom is 0.337 e. The summed E-state index contributed by atoms with van der Waals surface area (Å²) in [5.74, 6) is -0.407. The van der Waals surface area contributed by atoms with Gasteiger partial charge in [-0.1, -0.05) is 0 Å². The predicted octanol–water partition coefficient (Wildman–Crippen LogP) is 1.46. The molecule has 0 saturated heterocycles. The molecular weight excluding hydrogens is 200 g/mol. The summed E-state index contributed by atoms with van der Waals surface area (Å²) < 4.78 is 1.73. The van der Waals surface area contributed by atoms with Gasteiger partial charge in [-0.15, -0.1) is 0 Å². The lowest BCUT2D eigenvalue weighted by Gasteiger charge is -1.99. The van der Waals surface area contributed by atoms with Gasteiger partial charge in [-0.2, -0.15) is 12.6 Å². The van der Waals surface area contributed by atoms with Crippen molar-refractivity contribution >= 4 is 24.2 Å². The molecule has 5 heteroatoms. The highest BCUT2D eigenvalue weighted by Crippen LogP contribution is 2.10. The first-order valence-electron chi connectivity index (χ1n) is 4.02. The van der Waals surface area contributed by atoms with E-state index >= 15 is 0 Å². The number of fused-ring (bicyclic) bond motifs is 1. The molecule has 0 fully saturated rings. The maximum atomic E-state index is 10.7. The zero-order chi connectivity index (χ0) is 10.1. The molecule has 0 aromatic carbocycles. The fourth-order valence-corrected chi connectivity index (χ4v) is 1.51. The lowest BCUT2D eigenvalue weighted by Crippen LogP contribution is -1.99. The van der Waals surface area contributed by atoms with Gasteiger partial charge in [0.25, 0.3) is 0 Å². The summed E-state index contributed by atoms with van der Waals surface area (Å²) in [5, 5.41) is 8.79. The maximum absolute atomic E-state index is 10.7. The Labute approximate surface area is 85.6 Å². The molecule has 2 rings (SSSR count). The molecule has 0 bridgehead atoms. The van der Waals surface area contributed by atoms with Crippen molar-refractivity contribution in [1.29, 1.82) is 0 Å². The highest BCUT2D eigenvalue weighted by atomic mass is 32.1. The van der Waals surface area contributed by atoms with E-state index in [0.29, 0.717) is 5.75 Å². The molecule has 0 radical (unpaired) electrons. The first-order valence-corrected chi connectivity index (χ1v) is 4.66. The van der Waals surface area contributed by atoms with Crippen LogP contribution in [0.3, 0.4) is 0 Å². The average molecular weight is 208 g/mol. The van der Waals surface area contributed by atoms with Gasteiger partial charge < -0.3 is 9.51 Å². The van der Waals surface area contributed by atoms with Crippen molar-refractivity contribution in [1.82, 2.24) is 9.38 Å². The van der Waals surface area contributed by atoms with E-state index in [1.807, 2.05) is 0 Å². The van der Waals surface area contributed by atoms with Crippen LogP contribution in [0.1, 0.15) is 16.1 Å². The number of rotatable bonds is 2. The molecular formula is C9H8N2O2S. The first kappa shape index (κ1) is 9.08. The van der Waals surface area contributed by atoms with Gasteiger partial charge in [-0.25, -0.2) is 9.78 Å². The number of hydrogen-bond donors (Lipinski definition) is 2. The van der Waals surface area contributed by atoms with Crippen LogP contribution in [0.2, 0.25) is 0 Å². The molecule has 4 nitrogen and oxygen atoms in total. The number of thiol groups is 1. The fourth-order valence-electron chi connectivity index (χ4n) is 1.27. The van der Waals surface area contributed by atoms with E-state index in [1.54, 1.807) is 22.9 Å². The van der Waals surface area contributed by atoms with E-state index in [9.17, 15) is 4.79 Å². The molecule has 14 heavy (non-hydrogen) atoms. The number of pyridine rings is 1. The second-order valence-electron chi connectivity index (χ2n) is 2.86. The summed E-state index contributed by atoms with van der Waals surface area (Å²) in [7, 11) is 0. The molecule has 72 valence electrons. The zero-order valence-corrected chi connectivity index (χ0v) is 8.11. The van der Waals surface area contributed by atoms with Gasteiger partial charge in [0.05, 0.1) is 17.5 Å². The minimum Gasteiger partial charge on any atom is -0.478 e. The Balaban J connectivity index is 2.67. The number of hydrogen-bond acceptors (Lipinski definition) is 3. The van der Waals surface area contributed by atoms with Gasteiger partial charge in [-0.3, -0.25) is 0 Å². The smallest absolute Gasteiger partial charge is 0.337 e. The number of nitrogens with zero attached hydrogens (tertiary/aromatic N) is 2. The van der Waals surface area contributed by atoms with E-state index < -0.39 is 5.97 Å². The molecule has 2 aromatic heterocycles. The quantitative estimate of drug-likeness (QED) is 0.735. The minimum atomic E-state index is -0.939. The molecule has 0 spiro atoms. The average Bonchev–Trinajstić information content (AvgIpc) is 2.59. The normalized spacial score (nSPS) is 10.6. The highest BCUT2D eigenvalue weighted by Gasteiger charge is 2.06. The Hall–Kier alpha value is -1.49. The van der Waals surface area contributed by atoms with Crippen LogP contribution in [-0.2, 0) is 5.75 Å². The first-order chi connectivity index (χ1) is 6.72. The number of aromatic nitrogens is 2. The number of carbonyl (C=O) groups is 1. The van der Waals surface area contributed by atoms with Gasteiger partial charge in [-0.05, 0) is 12.1 Å². The van der Waals surface area contributed by atoms with Crippen LogP contribution >= 0.6 is 12.6 Å². The Kier molecular flexibility index (Phi) is 2.17. The number of aromatic carboxylic acids is 1. The van der Waals surface area contributed by atoms with Crippen molar-refractivity contribution in [2.45, 2.75) is 5.75 Å². The SMILES string of the molecule is O=C(O)c1ccc2ncc(CS)n2c1. The largest absolute Gasteiger partial charge is 0.478 e. The van der Waals surface area contributed by atoms with Gasteiger partial charge in [0.15, 0.2) is 0 Å². The Morgan fingerprint density at radius 2 is 2.36 bits per heavy atom. The summed E-state index contributed by atoms with van der Waals surface area (Å²) in [6.07, 6.45) is 3.24. The Morgan fingerprint density at radius 1 is 1.57 bits per heavy atom. The van der Waals surface area contributed by atoms with Crippen molar-refractivity contribution in [2.24, 2.45) is 0 Å². The fraction of sp³-hybridized carbons (Fsp3) is 0.111. The molecule has 0 unspecified atom stereocenters. The molecule has 0 aliphatic rings. The van der Waals surface area contributed by atoms with Gasteiger partial charge >= 0.3 is 5.97 Å². The molecule has 0 aliphatic carbocycles. The third-order valence-electron chi connectivity index (χ3n) is 1.99. The molecule has 0 atom stereocenters. The lowest BCUT2D eigenvalue weighted by atomic mass is 10.3. The van der Waals surface area contributed by atoms with Crippen LogP contribution in [0.25, 0.3) is 5.65 Å².